The number of amides is 1. The first-order valence-corrected chi connectivity index (χ1v) is 9.46. The number of carbonyl (C=O) groups excluding carboxylic acids is 1. The van der Waals surface area contributed by atoms with E-state index < -0.39 is 5.91 Å². The maximum atomic E-state index is 11.8. The number of nitrogens with two attached hydrogens (primary N) is 1. The molecule has 0 aliphatic rings. The van der Waals surface area contributed by atoms with E-state index in [4.69, 9.17) is 15.1 Å². The summed E-state index contributed by atoms with van der Waals surface area (Å²) in [5.74, 6) is 0.370. The first-order chi connectivity index (χ1) is 12.1. The number of aromatic nitrogens is 2. The van der Waals surface area contributed by atoms with Crippen molar-refractivity contribution in [3.63, 3.8) is 0 Å². The number of carbonyl (C=O) groups is 1. The molecule has 126 valence electrons. The van der Waals surface area contributed by atoms with E-state index in [2.05, 4.69) is 11.4 Å². The zero-order chi connectivity index (χ0) is 17.4. The van der Waals surface area contributed by atoms with Crippen LogP contribution in [0.4, 0.5) is 0 Å². The Labute approximate surface area is 152 Å². The van der Waals surface area contributed by atoms with E-state index in [0.29, 0.717) is 12.1 Å². The summed E-state index contributed by atoms with van der Waals surface area (Å²) < 4.78 is 7.48. The molecule has 0 radical (unpaired) electrons. The van der Waals surface area contributed by atoms with Crippen LogP contribution in [0.15, 0.2) is 51.1 Å². The number of thiophene rings is 1. The van der Waals surface area contributed by atoms with Gasteiger partial charge in [-0.05, 0) is 36.6 Å². The van der Waals surface area contributed by atoms with Gasteiger partial charge in [-0.3, -0.25) is 4.79 Å². The predicted molar refractivity (Wildman–Crippen MR) is 99.9 cm³/mol. The van der Waals surface area contributed by atoms with Crippen LogP contribution in [-0.2, 0) is 6.54 Å². The third kappa shape index (κ3) is 2.92. The van der Waals surface area contributed by atoms with Crippen LogP contribution in [0, 0.1) is 6.92 Å². The molecule has 4 aromatic heterocycles. The van der Waals surface area contributed by atoms with Gasteiger partial charge in [-0.25, -0.2) is 4.98 Å². The highest BCUT2D eigenvalue weighted by Crippen LogP contribution is 2.32. The molecule has 0 spiro atoms. The van der Waals surface area contributed by atoms with E-state index >= 15 is 0 Å². The predicted octanol–water partition coefficient (Wildman–Crippen LogP) is 4.39. The Balaban J connectivity index is 1.80. The molecule has 25 heavy (non-hydrogen) atoms. The number of hydrogen-bond acceptors (Lipinski definition) is 5. The van der Waals surface area contributed by atoms with Crippen molar-refractivity contribution in [2.45, 2.75) is 13.5 Å². The minimum atomic E-state index is -0.440. The third-order valence-corrected chi connectivity index (χ3v) is 5.64. The van der Waals surface area contributed by atoms with Crippen molar-refractivity contribution in [1.29, 1.82) is 0 Å². The van der Waals surface area contributed by atoms with Crippen LogP contribution in [0.5, 0.6) is 0 Å². The van der Waals surface area contributed by atoms with Gasteiger partial charge in [0.2, 0.25) is 0 Å². The topological polar surface area (TPSA) is 74.1 Å². The Kier molecular flexibility index (Phi) is 4.03. The number of furan rings is 1. The zero-order valence-electron chi connectivity index (χ0n) is 13.4. The lowest BCUT2D eigenvalue weighted by Crippen LogP contribution is -2.12. The molecular weight excluding hydrogens is 354 g/mol. The van der Waals surface area contributed by atoms with Gasteiger partial charge in [-0.15, -0.1) is 11.3 Å². The summed E-state index contributed by atoms with van der Waals surface area (Å²) in [7, 11) is 0. The maximum absolute atomic E-state index is 11.8. The second-order valence-electron chi connectivity index (χ2n) is 5.61. The first-order valence-electron chi connectivity index (χ1n) is 7.64. The minimum Gasteiger partial charge on any atom is -0.467 e. The van der Waals surface area contributed by atoms with Gasteiger partial charge in [0.15, 0.2) is 0 Å². The second-order valence-corrected chi connectivity index (χ2v) is 7.25. The number of nitrogens with zero attached hydrogens (tertiary/aromatic N) is 2. The standard InChI is InChI=1S/C18H15N3O2S2/c1-11-14(17(19)22)7-16(21(11)8-13-3-2-5-23-13)15-10-25-18(20-15)12-4-6-24-9-12/h2-7,9-10H,8H2,1H3,(H2,19,22). The lowest BCUT2D eigenvalue weighted by molar-refractivity contribution is 0.0999. The molecule has 0 unspecified atom stereocenters. The molecule has 5 nitrogen and oxygen atoms in total. The fourth-order valence-corrected chi connectivity index (χ4v) is 4.31. The van der Waals surface area contributed by atoms with Crippen LogP contribution in [0.1, 0.15) is 21.8 Å². The Morgan fingerprint density at radius 1 is 1.36 bits per heavy atom. The summed E-state index contributed by atoms with van der Waals surface area (Å²) in [6.45, 7) is 2.41. The smallest absolute Gasteiger partial charge is 0.250 e. The van der Waals surface area contributed by atoms with E-state index in [-0.39, 0.29) is 0 Å². The number of primary amides is 1. The molecular formula is C18H15N3O2S2. The van der Waals surface area contributed by atoms with Crippen LogP contribution in [0.2, 0.25) is 0 Å². The highest BCUT2D eigenvalue weighted by molar-refractivity contribution is 7.14. The molecule has 0 aliphatic heterocycles. The van der Waals surface area contributed by atoms with Gasteiger partial charge in [0.1, 0.15) is 10.8 Å². The van der Waals surface area contributed by atoms with Gasteiger partial charge >= 0.3 is 0 Å². The second kappa shape index (κ2) is 6.34. The van der Waals surface area contributed by atoms with Gasteiger partial charge < -0.3 is 14.7 Å². The molecule has 0 fully saturated rings. The van der Waals surface area contributed by atoms with E-state index in [0.717, 1.165) is 33.4 Å². The normalized spacial score (nSPS) is 11.1. The van der Waals surface area contributed by atoms with Crippen molar-refractivity contribution in [3.05, 3.63) is 63.7 Å². The van der Waals surface area contributed by atoms with Crippen LogP contribution >= 0.6 is 22.7 Å². The van der Waals surface area contributed by atoms with Crippen LogP contribution < -0.4 is 5.73 Å². The third-order valence-electron chi connectivity index (χ3n) is 4.06. The van der Waals surface area contributed by atoms with Crippen LogP contribution in [0.3, 0.4) is 0 Å². The average molecular weight is 369 g/mol. The molecule has 1 amide bonds. The number of thiazole rings is 1. The Morgan fingerprint density at radius 2 is 2.24 bits per heavy atom. The molecule has 4 aromatic rings. The Hall–Kier alpha value is -2.64. The molecule has 0 aromatic carbocycles. The highest BCUT2D eigenvalue weighted by atomic mass is 32.1. The van der Waals surface area contributed by atoms with Crippen molar-refractivity contribution < 1.29 is 9.21 Å². The SMILES string of the molecule is Cc1c(C(N)=O)cc(-c2csc(-c3ccsc3)n2)n1Cc1ccco1. The lowest BCUT2D eigenvalue weighted by atomic mass is 10.2. The Bertz CT molecular complexity index is 1010. The molecule has 2 N–H and O–H groups in total. The van der Waals surface area contributed by atoms with Crippen molar-refractivity contribution in [2.24, 2.45) is 5.73 Å². The van der Waals surface area contributed by atoms with Gasteiger partial charge in [-0.2, -0.15) is 11.3 Å². The fraction of sp³-hybridized carbons (Fsp3) is 0.111. The van der Waals surface area contributed by atoms with Gasteiger partial charge in [-0.1, -0.05) is 0 Å². The van der Waals surface area contributed by atoms with Crippen molar-refractivity contribution in [1.82, 2.24) is 9.55 Å². The summed E-state index contributed by atoms with van der Waals surface area (Å²) in [4.78, 5) is 16.5. The quantitative estimate of drug-likeness (QED) is 0.567. The minimum absolute atomic E-state index is 0.440. The van der Waals surface area contributed by atoms with Crippen molar-refractivity contribution in [2.75, 3.05) is 0 Å². The van der Waals surface area contributed by atoms with Crippen LogP contribution in [0.25, 0.3) is 22.0 Å². The highest BCUT2D eigenvalue weighted by Gasteiger charge is 2.19. The summed E-state index contributed by atoms with van der Waals surface area (Å²) in [5, 5.41) is 7.07. The van der Waals surface area contributed by atoms with E-state index in [1.807, 2.05) is 40.5 Å². The van der Waals surface area contributed by atoms with Crippen molar-refractivity contribution >= 4 is 28.6 Å². The summed E-state index contributed by atoms with van der Waals surface area (Å²) in [6, 6.07) is 7.62. The van der Waals surface area contributed by atoms with Gasteiger partial charge in [0.05, 0.1) is 29.8 Å². The zero-order valence-corrected chi connectivity index (χ0v) is 15.1. The molecule has 4 heterocycles. The molecule has 0 saturated heterocycles. The van der Waals surface area contributed by atoms with Gasteiger partial charge in [0.25, 0.3) is 5.91 Å². The first kappa shape index (κ1) is 15.9. The van der Waals surface area contributed by atoms with Gasteiger partial charge in [0, 0.05) is 22.0 Å². The Morgan fingerprint density at radius 3 is 2.92 bits per heavy atom. The molecule has 0 saturated carbocycles. The lowest BCUT2D eigenvalue weighted by Gasteiger charge is -2.08. The summed E-state index contributed by atoms with van der Waals surface area (Å²) in [6.07, 6.45) is 1.64. The molecule has 0 aliphatic carbocycles. The monoisotopic (exact) mass is 369 g/mol. The van der Waals surface area contributed by atoms with E-state index in [9.17, 15) is 4.79 Å². The molecule has 7 heteroatoms. The maximum Gasteiger partial charge on any atom is 0.250 e. The van der Waals surface area contributed by atoms with Crippen molar-refractivity contribution in [3.8, 4) is 22.0 Å². The summed E-state index contributed by atoms with van der Waals surface area (Å²) in [5.41, 5.74) is 9.65. The molecule has 0 bridgehead atoms. The average Bonchev–Trinajstić information content (AvgIpc) is 3.35. The van der Waals surface area contributed by atoms with E-state index in [1.54, 1.807) is 28.9 Å². The fourth-order valence-electron chi connectivity index (χ4n) is 2.78. The number of rotatable bonds is 5. The largest absolute Gasteiger partial charge is 0.467 e. The van der Waals surface area contributed by atoms with E-state index in [1.165, 1.54) is 0 Å². The number of hydrogen-bond donors (Lipinski definition) is 1. The van der Waals surface area contributed by atoms with Crippen LogP contribution in [-0.4, -0.2) is 15.5 Å². The summed E-state index contributed by atoms with van der Waals surface area (Å²) >= 11 is 3.23. The molecule has 0 atom stereocenters. The molecule has 4 rings (SSSR count).